The van der Waals surface area contributed by atoms with Gasteiger partial charge in [-0.3, -0.25) is 9.59 Å². The van der Waals surface area contributed by atoms with Gasteiger partial charge in [0.15, 0.2) is 5.11 Å². The van der Waals surface area contributed by atoms with Crippen molar-refractivity contribution in [3.8, 4) is 0 Å². The molecule has 1 aliphatic rings. The number of hydrogen-bond acceptors (Lipinski definition) is 3. The second-order valence-electron chi connectivity index (χ2n) is 2.19. The van der Waals surface area contributed by atoms with Gasteiger partial charge in [0.05, 0.1) is 6.42 Å². The van der Waals surface area contributed by atoms with Crippen molar-refractivity contribution in [3.05, 3.63) is 0 Å². The van der Waals surface area contributed by atoms with Gasteiger partial charge in [0.25, 0.3) is 0 Å². The number of carbonyl (C=O) groups excluding carboxylic acids is 2. The van der Waals surface area contributed by atoms with Gasteiger partial charge in [-0.2, -0.15) is 0 Å². The highest BCUT2D eigenvalue weighted by atomic mass is 32.1. The third kappa shape index (κ3) is 1.87. The van der Waals surface area contributed by atoms with Gasteiger partial charge < -0.3 is 16.4 Å². The number of amides is 2. The van der Waals surface area contributed by atoms with Gasteiger partial charge in [0, 0.05) is 0 Å². The lowest BCUT2D eigenvalue weighted by Crippen LogP contribution is -2.33. The highest BCUT2D eigenvalue weighted by molar-refractivity contribution is 7.80. The molecule has 2 amide bonds. The molecule has 0 aromatic carbocycles. The minimum Gasteiger partial charge on any atom is -0.370 e. The lowest BCUT2D eigenvalue weighted by Gasteiger charge is -2.02. The van der Waals surface area contributed by atoms with Gasteiger partial charge >= 0.3 is 0 Å². The smallest absolute Gasteiger partial charge is 0.249 e. The van der Waals surface area contributed by atoms with Crippen molar-refractivity contribution in [1.29, 1.82) is 0 Å². The first-order valence-electron chi connectivity index (χ1n) is 2.99. The number of nitrogens with two attached hydrogens (primary N) is 1. The van der Waals surface area contributed by atoms with E-state index in [1.807, 2.05) is 0 Å². The van der Waals surface area contributed by atoms with E-state index < -0.39 is 11.9 Å². The molecule has 1 heterocycles. The van der Waals surface area contributed by atoms with Gasteiger partial charge in [-0.05, 0) is 12.2 Å². The van der Waals surface area contributed by atoms with Crippen LogP contribution in [0.2, 0.25) is 0 Å². The van der Waals surface area contributed by atoms with Crippen molar-refractivity contribution in [2.45, 2.75) is 12.5 Å². The molecule has 0 aromatic heterocycles. The summed E-state index contributed by atoms with van der Waals surface area (Å²) < 4.78 is 0. The van der Waals surface area contributed by atoms with Gasteiger partial charge in [0.2, 0.25) is 11.8 Å². The van der Waals surface area contributed by atoms with Crippen LogP contribution in [0.5, 0.6) is 0 Å². The fourth-order valence-electron chi connectivity index (χ4n) is 0.804. The van der Waals surface area contributed by atoms with Crippen LogP contribution >= 0.6 is 12.2 Å². The van der Waals surface area contributed by atoms with E-state index in [1.54, 1.807) is 0 Å². The summed E-state index contributed by atoms with van der Waals surface area (Å²) in [5.74, 6) is -0.823. The Hall–Kier alpha value is -1.17. The van der Waals surface area contributed by atoms with Crippen molar-refractivity contribution >= 4 is 29.1 Å². The van der Waals surface area contributed by atoms with Crippen LogP contribution in [0.1, 0.15) is 6.42 Å². The SMILES string of the molecule is NC(=O)C[C@H]1NC(=S)NC1=O. The number of thiocarbonyl (C=S) groups is 1. The first-order chi connectivity index (χ1) is 5.09. The zero-order chi connectivity index (χ0) is 8.43. The highest BCUT2D eigenvalue weighted by Crippen LogP contribution is 1.97. The lowest BCUT2D eigenvalue weighted by atomic mass is 10.2. The predicted octanol–water partition coefficient (Wildman–Crippen LogP) is -1.77. The molecule has 0 aromatic rings. The number of hydrogen-bond donors (Lipinski definition) is 3. The van der Waals surface area contributed by atoms with Crippen molar-refractivity contribution in [1.82, 2.24) is 10.6 Å². The predicted molar refractivity (Wildman–Crippen MR) is 41.5 cm³/mol. The molecule has 60 valence electrons. The monoisotopic (exact) mass is 173 g/mol. The van der Waals surface area contributed by atoms with E-state index in [0.717, 1.165) is 0 Å². The van der Waals surface area contributed by atoms with Gasteiger partial charge in [0.1, 0.15) is 6.04 Å². The van der Waals surface area contributed by atoms with Crippen molar-refractivity contribution in [2.24, 2.45) is 5.73 Å². The van der Waals surface area contributed by atoms with E-state index >= 15 is 0 Å². The van der Waals surface area contributed by atoms with Crippen LogP contribution in [0.25, 0.3) is 0 Å². The molecular formula is C5H7N3O2S. The maximum Gasteiger partial charge on any atom is 0.249 e. The number of carbonyl (C=O) groups is 2. The molecule has 0 spiro atoms. The number of nitrogens with one attached hydrogen (secondary N) is 2. The van der Waals surface area contributed by atoms with Crippen molar-refractivity contribution in [2.75, 3.05) is 0 Å². The maximum atomic E-state index is 10.9. The summed E-state index contributed by atoms with van der Waals surface area (Å²) in [6, 6.07) is -0.583. The molecule has 6 heteroatoms. The quantitative estimate of drug-likeness (QED) is 0.432. The second-order valence-corrected chi connectivity index (χ2v) is 2.59. The highest BCUT2D eigenvalue weighted by Gasteiger charge is 2.27. The fraction of sp³-hybridized carbons (Fsp3) is 0.400. The Labute approximate surface area is 68.3 Å². The largest absolute Gasteiger partial charge is 0.370 e. The standard InChI is InChI=1S/C5H7N3O2S/c6-3(9)1-2-4(10)8-5(11)7-2/h2H,1H2,(H2,6,9)(H2,7,8,10,11)/t2-/m1/s1. The summed E-state index contributed by atoms with van der Waals surface area (Å²) >= 11 is 4.63. The van der Waals surface area contributed by atoms with Crippen LogP contribution in [0, 0.1) is 0 Å². The van der Waals surface area contributed by atoms with Crippen LogP contribution < -0.4 is 16.4 Å². The number of primary amides is 1. The molecule has 4 N–H and O–H groups in total. The third-order valence-corrected chi connectivity index (χ3v) is 1.48. The fourth-order valence-corrected chi connectivity index (χ4v) is 1.05. The van der Waals surface area contributed by atoms with Gasteiger partial charge in [-0.25, -0.2) is 0 Å². The molecule has 1 fully saturated rings. The van der Waals surface area contributed by atoms with E-state index in [2.05, 4.69) is 22.9 Å². The minimum absolute atomic E-state index is 0.0219. The van der Waals surface area contributed by atoms with Gasteiger partial charge in [-0.1, -0.05) is 0 Å². The summed E-state index contributed by atoms with van der Waals surface area (Å²) in [5.41, 5.74) is 4.88. The molecular weight excluding hydrogens is 166 g/mol. The first kappa shape index (κ1) is 7.93. The molecule has 0 aliphatic carbocycles. The third-order valence-electron chi connectivity index (χ3n) is 1.26. The van der Waals surface area contributed by atoms with E-state index in [1.165, 1.54) is 0 Å². The van der Waals surface area contributed by atoms with Crippen LogP contribution in [-0.2, 0) is 9.59 Å². The van der Waals surface area contributed by atoms with Crippen molar-refractivity contribution in [3.63, 3.8) is 0 Å². The lowest BCUT2D eigenvalue weighted by molar-refractivity contribution is -0.124. The molecule has 11 heavy (non-hydrogen) atoms. The van der Waals surface area contributed by atoms with Crippen LogP contribution in [0.4, 0.5) is 0 Å². The Morgan fingerprint density at radius 1 is 1.73 bits per heavy atom. The van der Waals surface area contributed by atoms with E-state index in [9.17, 15) is 9.59 Å². The molecule has 5 nitrogen and oxygen atoms in total. The maximum absolute atomic E-state index is 10.9. The van der Waals surface area contributed by atoms with E-state index in [4.69, 9.17) is 5.73 Å². The van der Waals surface area contributed by atoms with Crippen molar-refractivity contribution < 1.29 is 9.59 Å². The van der Waals surface area contributed by atoms with Gasteiger partial charge in [-0.15, -0.1) is 0 Å². The Balaban J connectivity index is 2.53. The molecule has 1 aliphatic heterocycles. The Bertz CT molecular complexity index is 228. The Morgan fingerprint density at radius 3 is 2.73 bits per heavy atom. The first-order valence-corrected chi connectivity index (χ1v) is 3.40. The summed E-state index contributed by atoms with van der Waals surface area (Å²) in [5, 5.41) is 5.20. The Morgan fingerprint density at radius 2 is 2.36 bits per heavy atom. The molecule has 0 bridgehead atoms. The van der Waals surface area contributed by atoms with E-state index in [-0.39, 0.29) is 17.4 Å². The zero-order valence-electron chi connectivity index (χ0n) is 5.59. The van der Waals surface area contributed by atoms with E-state index in [0.29, 0.717) is 0 Å². The molecule has 0 radical (unpaired) electrons. The molecule has 1 rings (SSSR count). The normalized spacial score (nSPS) is 22.7. The molecule has 1 atom stereocenters. The summed E-state index contributed by atoms with van der Waals surface area (Å²) in [6.07, 6.45) is -0.0219. The molecule has 0 unspecified atom stereocenters. The average molecular weight is 173 g/mol. The average Bonchev–Trinajstić information content (AvgIpc) is 2.09. The molecule has 1 saturated heterocycles. The van der Waals surface area contributed by atoms with Crippen LogP contribution in [0.3, 0.4) is 0 Å². The summed E-state index contributed by atoms with van der Waals surface area (Å²) in [7, 11) is 0. The summed E-state index contributed by atoms with van der Waals surface area (Å²) in [6.45, 7) is 0. The molecule has 0 saturated carbocycles. The second kappa shape index (κ2) is 2.83. The van der Waals surface area contributed by atoms with Crippen LogP contribution in [-0.4, -0.2) is 23.0 Å². The topological polar surface area (TPSA) is 84.2 Å². The Kier molecular flexibility index (Phi) is 2.04. The number of rotatable bonds is 2. The minimum atomic E-state index is -0.583. The summed E-state index contributed by atoms with van der Waals surface area (Å²) in [4.78, 5) is 21.2. The van der Waals surface area contributed by atoms with Crippen LogP contribution in [0.15, 0.2) is 0 Å². The zero-order valence-corrected chi connectivity index (χ0v) is 6.40.